The molecule has 0 N–H and O–H groups in total. The molecule has 0 saturated carbocycles. The quantitative estimate of drug-likeness (QED) is 0.643. The van der Waals surface area contributed by atoms with E-state index < -0.39 is 0 Å². The van der Waals surface area contributed by atoms with Crippen LogP contribution in [0, 0.1) is 5.92 Å². The van der Waals surface area contributed by atoms with Gasteiger partial charge in [0.2, 0.25) is 0 Å². The number of allylic oxidation sites excluding steroid dienone is 1. The van der Waals surface area contributed by atoms with Gasteiger partial charge in [-0.1, -0.05) is 20.4 Å². The van der Waals surface area contributed by atoms with E-state index in [1.165, 1.54) is 37.8 Å². The van der Waals surface area contributed by atoms with Gasteiger partial charge in [0.25, 0.3) is 0 Å². The lowest BCUT2D eigenvalue weighted by molar-refractivity contribution is 0.303. The Morgan fingerprint density at radius 3 is 2.08 bits per heavy atom. The molecule has 2 saturated heterocycles. The van der Waals surface area contributed by atoms with E-state index >= 15 is 0 Å². The van der Waals surface area contributed by atoms with Gasteiger partial charge >= 0.3 is 0 Å². The normalized spacial score (nSPS) is 31.8. The Morgan fingerprint density at radius 1 is 1.23 bits per heavy atom. The van der Waals surface area contributed by atoms with Crippen LogP contribution in [0.25, 0.3) is 0 Å². The molecule has 2 bridgehead atoms. The van der Waals surface area contributed by atoms with Crippen LogP contribution in [0.15, 0.2) is 12.3 Å². The lowest BCUT2D eigenvalue weighted by Gasteiger charge is -2.27. The molecule has 2 fully saturated rings. The molecule has 2 aliphatic heterocycles. The average Bonchev–Trinajstić information content (AvgIpc) is 2.60. The molecule has 2 heterocycles. The molecule has 0 unspecified atom stereocenters. The van der Waals surface area contributed by atoms with Crippen molar-refractivity contribution in [3.63, 3.8) is 0 Å². The van der Waals surface area contributed by atoms with E-state index in [9.17, 15) is 0 Å². The molecule has 0 atom stereocenters. The van der Waals surface area contributed by atoms with E-state index in [4.69, 9.17) is 0 Å². The second-order valence-electron chi connectivity index (χ2n) is 5.03. The predicted molar refractivity (Wildman–Crippen MR) is 56.5 cm³/mol. The Labute approximate surface area is 81.8 Å². The van der Waals surface area contributed by atoms with Crippen molar-refractivity contribution in [1.29, 1.82) is 0 Å². The summed E-state index contributed by atoms with van der Waals surface area (Å²) in [6, 6.07) is 1.72. The van der Waals surface area contributed by atoms with Crippen molar-refractivity contribution in [2.75, 3.05) is 0 Å². The molecule has 0 spiro atoms. The van der Waals surface area contributed by atoms with Crippen LogP contribution in [0.5, 0.6) is 0 Å². The summed E-state index contributed by atoms with van der Waals surface area (Å²) < 4.78 is 0. The molecule has 2 aliphatic rings. The molecule has 0 aromatic carbocycles. The van der Waals surface area contributed by atoms with E-state index in [0.717, 1.165) is 18.0 Å². The third-order valence-corrected chi connectivity index (χ3v) is 3.46. The highest BCUT2D eigenvalue weighted by Gasteiger charge is 2.39. The molecule has 74 valence electrons. The first-order valence-electron chi connectivity index (χ1n) is 5.64. The maximum Gasteiger partial charge on any atom is 0.0291 e. The summed E-state index contributed by atoms with van der Waals surface area (Å²) in [7, 11) is 0. The molecular weight excluding hydrogens is 158 g/mol. The number of fused-ring (bicyclic) bond motifs is 2. The highest BCUT2D eigenvalue weighted by molar-refractivity contribution is 5.08. The van der Waals surface area contributed by atoms with Crippen LogP contribution >= 0.6 is 0 Å². The summed E-state index contributed by atoms with van der Waals surface area (Å²) in [5, 5.41) is 0. The zero-order chi connectivity index (χ0) is 9.42. The van der Waals surface area contributed by atoms with Gasteiger partial charge in [-0.2, -0.15) is 0 Å². The predicted octanol–water partition coefficient (Wildman–Crippen LogP) is 3.17. The molecular formula is C12H21N. The Morgan fingerprint density at radius 2 is 1.69 bits per heavy atom. The minimum atomic E-state index is 0.757. The van der Waals surface area contributed by atoms with Crippen molar-refractivity contribution < 1.29 is 0 Å². The van der Waals surface area contributed by atoms with Gasteiger partial charge in [-0.3, -0.25) is 0 Å². The monoisotopic (exact) mass is 179 g/mol. The van der Waals surface area contributed by atoms with Gasteiger partial charge in [0, 0.05) is 17.8 Å². The minimum Gasteiger partial charge on any atom is -0.369 e. The number of nitrogens with zero attached hydrogens (tertiary/aromatic N) is 1. The topological polar surface area (TPSA) is 3.24 Å². The van der Waals surface area contributed by atoms with Gasteiger partial charge in [0.15, 0.2) is 0 Å². The smallest absolute Gasteiger partial charge is 0.0291 e. The third-order valence-electron chi connectivity index (χ3n) is 3.46. The van der Waals surface area contributed by atoms with Crippen LogP contribution in [-0.2, 0) is 0 Å². The fraction of sp³-hybridized carbons (Fsp3) is 0.833. The van der Waals surface area contributed by atoms with Gasteiger partial charge in [0.05, 0.1) is 0 Å². The standard InChI is InChI=1S/C12H21N/c1-9(2)8-10(3)13-11-4-5-12(13)7-6-11/h9,11-12H,3-8H2,1-2H3. The lowest BCUT2D eigenvalue weighted by atomic mass is 10.0. The minimum absolute atomic E-state index is 0.757. The molecule has 1 heteroatoms. The first-order chi connectivity index (χ1) is 6.18. The van der Waals surface area contributed by atoms with E-state index in [-0.39, 0.29) is 0 Å². The summed E-state index contributed by atoms with van der Waals surface area (Å²) in [5.74, 6) is 0.757. The van der Waals surface area contributed by atoms with Crippen molar-refractivity contribution in [2.24, 2.45) is 5.92 Å². The maximum absolute atomic E-state index is 4.24. The Kier molecular flexibility index (Phi) is 2.35. The SMILES string of the molecule is C=C(CC(C)C)N1C2CCC1CC2. The highest BCUT2D eigenvalue weighted by Crippen LogP contribution is 2.40. The van der Waals surface area contributed by atoms with Gasteiger partial charge in [-0.25, -0.2) is 0 Å². The maximum atomic E-state index is 4.24. The lowest BCUT2D eigenvalue weighted by Crippen LogP contribution is -2.27. The summed E-state index contributed by atoms with van der Waals surface area (Å²) in [6.45, 7) is 8.81. The largest absolute Gasteiger partial charge is 0.369 e. The zero-order valence-corrected chi connectivity index (χ0v) is 8.92. The van der Waals surface area contributed by atoms with E-state index in [0.29, 0.717) is 0 Å². The third kappa shape index (κ3) is 1.61. The van der Waals surface area contributed by atoms with Crippen LogP contribution in [-0.4, -0.2) is 17.0 Å². The summed E-state index contributed by atoms with van der Waals surface area (Å²) in [5.41, 5.74) is 1.40. The van der Waals surface area contributed by atoms with Gasteiger partial charge in [-0.15, -0.1) is 0 Å². The Balaban J connectivity index is 1.97. The van der Waals surface area contributed by atoms with Gasteiger partial charge in [-0.05, 0) is 38.0 Å². The molecule has 0 amide bonds. The van der Waals surface area contributed by atoms with E-state index in [1.807, 2.05) is 0 Å². The van der Waals surface area contributed by atoms with Gasteiger partial charge in [0.1, 0.15) is 0 Å². The molecule has 1 nitrogen and oxygen atoms in total. The fourth-order valence-corrected chi connectivity index (χ4v) is 3.01. The van der Waals surface area contributed by atoms with Crippen LogP contribution in [0.2, 0.25) is 0 Å². The highest BCUT2D eigenvalue weighted by atomic mass is 15.2. The van der Waals surface area contributed by atoms with Crippen LogP contribution in [0.3, 0.4) is 0 Å². The average molecular weight is 179 g/mol. The van der Waals surface area contributed by atoms with Crippen LogP contribution < -0.4 is 0 Å². The van der Waals surface area contributed by atoms with E-state index in [1.54, 1.807) is 0 Å². The first-order valence-corrected chi connectivity index (χ1v) is 5.64. The molecule has 0 aliphatic carbocycles. The number of hydrogen-bond acceptors (Lipinski definition) is 1. The van der Waals surface area contributed by atoms with Crippen LogP contribution in [0.4, 0.5) is 0 Å². The van der Waals surface area contributed by atoms with Crippen molar-refractivity contribution in [3.8, 4) is 0 Å². The fourth-order valence-electron chi connectivity index (χ4n) is 3.01. The molecule has 0 aromatic rings. The molecule has 2 rings (SSSR count). The second kappa shape index (κ2) is 3.36. The Bertz CT molecular complexity index is 187. The Hall–Kier alpha value is -0.460. The van der Waals surface area contributed by atoms with Crippen molar-refractivity contribution in [2.45, 2.75) is 58.0 Å². The van der Waals surface area contributed by atoms with Gasteiger partial charge < -0.3 is 4.90 Å². The summed E-state index contributed by atoms with van der Waals surface area (Å²) in [6.07, 6.45) is 6.86. The first kappa shape index (κ1) is 9.11. The molecule has 13 heavy (non-hydrogen) atoms. The van der Waals surface area contributed by atoms with Crippen molar-refractivity contribution >= 4 is 0 Å². The van der Waals surface area contributed by atoms with E-state index in [2.05, 4.69) is 25.3 Å². The van der Waals surface area contributed by atoms with Crippen molar-refractivity contribution in [1.82, 2.24) is 4.90 Å². The summed E-state index contributed by atoms with van der Waals surface area (Å²) >= 11 is 0. The summed E-state index contributed by atoms with van der Waals surface area (Å²) in [4.78, 5) is 2.62. The van der Waals surface area contributed by atoms with Crippen LogP contribution in [0.1, 0.15) is 46.0 Å². The number of hydrogen-bond donors (Lipinski definition) is 0. The molecule has 0 aromatic heterocycles. The second-order valence-corrected chi connectivity index (χ2v) is 5.03. The van der Waals surface area contributed by atoms with Crippen molar-refractivity contribution in [3.05, 3.63) is 12.3 Å². The number of rotatable bonds is 3. The molecule has 0 radical (unpaired) electrons. The zero-order valence-electron chi connectivity index (χ0n) is 8.92.